The first-order valence-corrected chi connectivity index (χ1v) is 8.75. The molecule has 0 bridgehead atoms. The molecule has 1 aliphatic heterocycles. The Hall–Kier alpha value is -2.98. The van der Waals surface area contributed by atoms with Crippen molar-refractivity contribution in [3.05, 3.63) is 54.4 Å². The van der Waals surface area contributed by atoms with Gasteiger partial charge in [0.25, 0.3) is 0 Å². The number of likely N-dealkylation sites (tertiary alicyclic amines) is 1. The molecule has 1 aliphatic rings. The second-order valence-corrected chi connectivity index (χ2v) is 6.77. The lowest BCUT2D eigenvalue weighted by Gasteiger charge is -2.37. The first kappa shape index (κ1) is 16.5. The van der Waals surface area contributed by atoms with Gasteiger partial charge in [0, 0.05) is 30.5 Å². The summed E-state index contributed by atoms with van der Waals surface area (Å²) in [5.74, 6) is 1.71. The summed E-state index contributed by atoms with van der Waals surface area (Å²) in [7, 11) is 0. The summed E-state index contributed by atoms with van der Waals surface area (Å²) in [6.45, 7) is 4.88. The van der Waals surface area contributed by atoms with E-state index in [4.69, 9.17) is 9.68 Å². The van der Waals surface area contributed by atoms with Crippen molar-refractivity contribution in [3.8, 4) is 17.5 Å². The van der Waals surface area contributed by atoms with Crippen LogP contribution < -0.4 is 0 Å². The molecule has 3 aromatic rings. The topological polar surface area (TPSA) is 83.8 Å². The molecule has 132 valence electrons. The second kappa shape index (κ2) is 7.10. The highest BCUT2D eigenvalue weighted by Gasteiger charge is 2.28. The van der Waals surface area contributed by atoms with Crippen LogP contribution in [0.25, 0.3) is 11.5 Å². The van der Waals surface area contributed by atoms with Crippen molar-refractivity contribution in [2.24, 2.45) is 5.92 Å². The molecule has 1 aromatic carbocycles. The number of aromatic nitrogens is 4. The molecule has 0 amide bonds. The van der Waals surface area contributed by atoms with Gasteiger partial charge in [-0.05, 0) is 43.1 Å². The van der Waals surface area contributed by atoms with Crippen LogP contribution in [0.3, 0.4) is 0 Å². The molecule has 0 N–H and O–H groups in total. The molecule has 2 atom stereocenters. The number of hydrogen-bond acceptors (Lipinski definition) is 6. The van der Waals surface area contributed by atoms with E-state index in [2.05, 4.69) is 37.6 Å². The Bertz CT molecular complexity index is 893. The molecule has 0 unspecified atom stereocenters. The number of piperidine rings is 1. The largest absolute Gasteiger partial charge is 0.419 e. The number of rotatable bonds is 4. The van der Waals surface area contributed by atoms with E-state index in [1.165, 1.54) is 0 Å². The van der Waals surface area contributed by atoms with Crippen molar-refractivity contribution in [2.75, 3.05) is 13.1 Å². The first-order chi connectivity index (χ1) is 12.7. The zero-order valence-electron chi connectivity index (χ0n) is 14.6. The third-order valence-corrected chi connectivity index (χ3v) is 5.00. The molecule has 3 heterocycles. The van der Waals surface area contributed by atoms with E-state index in [1.54, 1.807) is 12.1 Å². The average Bonchev–Trinajstić information content (AvgIpc) is 3.35. The van der Waals surface area contributed by atoms with E-state index < -0.39 is 0 Å². The maximum absolute atomic E-state index is 8.88. The molecule has 0 spiro atoms. The Balaban J connectivity index is 1.44. The van der Waals surface area contributed by atoms with Gasteiger partial charge < -0.3 is 8.98 Å². The van der Waals surface area contributed by atoms with Crippen LogP contribution in [0.2, 0.25) is 0 Å². The number of benzene rings is 1. The molecule has 0 aliphatic carbocycles. The van der Waals surface area contributed by atoms with Crippen LogP contribution in [0.4, 0.5) is 0 Å². The highest BCUT2D eigenvalue weighted by molar-refractivity contribution is 5.54. The fraction of sp³-hybridized carbons (Fsp3) is 0.368. The van der Waals surface area contributed by atoms with Gasteiger partial charge in [0.05, 0.1) is 24.5 Å². The summed E-state index contributed by atoms with van der Waals surface area (Å²) in [5, 5.41) is 17.2. The highest BCUT2D eigenvalue weighted by Crippen LogP contribution is 2.28. The van der Waals surface area contributed by atoms with Gasteiger partial charge in [-0.15, -0.1) is 10.2 Å². The van der Waals surface area contributed by atoms with Gasteiger partial charge in [-0.2, -0.15) is 5.26 Å². The number of imidazole rings is 1. The number of hydrogen-bond donors (Lipinski definition) is 0. The highest BCUT2D eigenvalue weighted by atomic mass is 16.4. The molecule has 1 fully saturated rings. The Labute approximate surface area is 151 Å². The van der Waals surface area contributed by atoms with Crippen molar-refractivity contribution in [2.45, 2.75) is 25.9 Å². The molecule has 7 heteroatoms. The first-order valence-electron chi connectivity index (χ1n) is 8.75. The third kappa shape index (κ3) is 3.37. The summed E-state index contributed by atoms with van der Waals surface area (Å²) >= 11 is 0. The van der Waals surface area contributed by atoms with E-state index in [-0.39, 0.29) is 0 Å². The van der Waals surface area contributed by atoms with Crippen LogP contribution in [0.5, 0.6) is 0 Å². The zero-order valence-corrected chi connectivity index (χ0v) is 14.6. The standard InChI is InChI=1S/C19H20N6O/c1-14-6-8-24(11-17(14)25-9-7-21-13-25)12-18-22-23-19(26-18)16-4-2-15(10-20)3-5-16/h2-5,7,9,13-14,17H,6,8,11-12H2,1H3/t14-,17-/m0/s1. The number of nitriles is 1. The molecule has 4 rings (SSSR count). The van der Waals surface area contributed by atoms with Gasteiger partial charge in [-0.1, -0.05) is 6.92 Å². The molecule has 2 aromatic heterocycles. The number of nitrogens with zero attached hydrogens (tertiary/aromatic N) is 6. The molecule has 7 nitrogen and oxygen atoms in total. The smallest absolute Gasteiger partial charge is 0.247 e. The van der Waals surface area contributed by atoms with Gasteiger partial charge in [0.15, 0.2) is 0 Å². The molecule has 0 saturated carbocycles. The van der Waals surface area contributed by atoms with E-state index in [0.717, 1.165) is 25.1 Å². The van der Waals surface area contributed by atoms with Gasteiger partial charge in [0.2, 0.25) is 11.8 Å². The summed E-state index contributed by atoms with van der Waals surface area (Å²) in [6.07, 6.45) is 6.87. The minimum absolute atomic E-state index is 0.409. The predicted octanol–water partition coefficient (Wildman–Crippen LogP) is 2.89. The van der Waals surface area contributed by atoms with Gasteiger partial charge >= 0.3 is 0 Å². The SMILES string of the molecule is C[C@H]1CCN(Cc2nnc(-c3ccc(C#N)cc3)o2)C[C@@H]1n1ccnc1. The quantitative estimate of drug-likeness (QED) is 0.721. The summed E-state index contributed by atoms with van der Waals surface area (Å²) in [6, 6.07) is 9.67. The van der Waals surface area contributed by atoms with E-state index >= 15 is 0 Å². The van der Waals surface area contributed by atoms with Crippen LogP contribution in [0.1, 0.15) is 30.8 Å². The van der Waals surface area contributed by atoms with Crippen molar-refractivity contribution in [3.63, 3.8) is 0 Å². The fourth-order valence-corrected chi connectivity index (χ4v) is 3.42. The summed E-state index contributed by atoms with van der Waals surface area (Å²) in [5.41, 5.74) is 1.44. The Kier molecular flexibility index (Phi) is 4.50. The summed E-state index contributed by atoms with van der Waals surface area (Å²) in [4.78, 5) is 6.52. The lowest BCUT2D eigenvalue weighted by molar-refractivity contribution is 0.117. The Morgan fingerprint density at radius 2 is 2.12 bits per heavy atom. The lowest BCUT2D eigenvalue weighted by Crippen LogP contribution is -2.40. The third-order valence-electron chi connectivity index (χ3n) is 5.00. The van der Waals surface area contributed by atoms with Gasteiger partial charge in [-0.25, -0.2) is 4.98 Å². The minimum Gasteiger partial charge on any atom is -0.419 e. The van der Waals surface area contributed by atoms with Crippen LogP contribution in [0.15, 0.2) is 47.4 Å². The van der Waals surface area contributed by atoms with Crippen molar-refractivity contribution in [1.82, 2.24) is 24.6 Å². The monoisotopic (exact) mass is 348 g/mol. The predicted molar refractivity (Wildman–Crippen MR) is 94.8 cm³/mol. The maximum Gasteiger partial charge on any atom is 0.247 e. The molecule has 26 heavy (non-hydrogen) atoms. The molecule has 0 radical (unpaired) electrons. The van der Waals surface area contributed by atoms with E-state index in [9.17, 15) is 0 Å². The molecular formula is C19H20N6O. The maximum atomic E-state index is 8.88. The Morgan fingerprint density at radius 3 is 2.85 bits per heavy atom. The molecular weight excluding hydrogens is 328 g/mol. The Morgan fingerprint density at radius 1 is 1.27 bits per heavy atom. The van der Waals surface area contributed by atoms with Crippen molar-refractivity contribution >= 4 is 0 Å². The zero-order chi connectivity index (χ0) is 17.9. The van der Waals surface area contributed by atoms with Gasteiger partial charge in [0.1, 0.15) is 0 Å². The van der Waals surface area contributed by atoms with Crippen molar-refractivity contribution in [1.29, 1.82) is 5.26 Å². The normalized spacial score (nSPS) is 20.8. The van der Waals surface area contributed by atoms with Crippen LogP contribution >= 0.6 is 0 Å². The van der Waals surface area contributed by atoms with Crippen LogP contribution in [-0.4, -0.2) is 37.7 Å². The summed E-state index contributed by atoms with van der Waals surface area (Å²) < 4.78 is 8.02. The van der Waals surface area contributed by atoms with Crippen LogP contribution in [0, 0.1) is 17.2 Å². The van der Waals surface area contributed by atoms with Crippen molar-refractivity contribution < 1.29 is 4.42 Å². The molecule has 1 saturated heterocycles. The van der Waals surface area contributed by atoms with E-state index in [1.807, 2.05) is 30.9 Å². The van der Waals surface area contributed by atoms with Gasteiger partial charge in [-0.3, -0.25) is 4.90 Å². The average molecular weight is 348 g/mol. The van der Waals surface area contributed by atoms with E-state index in [0.29, 0.717) is 35.8 Å². The lowest BCUT2D eigenvalue weighted by atomic mass is 9.93. The second-order valence-electron chi connectivity index (χ2n) is 6.77. The minimum atomic E-state index is 0.409. The fourth-order valence-electron chi connectivity index (χ4n) is 3.42. The van der Waals surface area contributed by atoms with Crippen LogP contribution in [-0.2, 0) is 6.54 Å².